The third-order valence-electron chi connectivity index (χ3n) is 5.25. The number of hydrogen-bond acceptors (Lipinski definition) is 5. The van der Waals surface area contributed by atoms with Crippen LogP contribution in [0.3, 0.4) is 0 Å². The number of rotatable bonds is 4. The Bertz CT molecular complexity index is 1070. The largest absolute Gasteiger partial charge is 0.490 e. The summed E-state index contributed by atoms with van der Waals surface area (Å²) in [7, 11) is 0. The van der Waals surface area contributed by atoms with Gasteiger partial charge in [0.15, 0.2) is 11.5 Å². The molecule has 0 bridgehead atoms. The molecule has 0 fully saturated rings. The Morgan fingerprint density at radius 2 is 1.97 bits per heavy atom. The zero-order valence-corrected chi connectivity index (χ0v) is 16.7. The Morgan fingerprint density at radius 1 is 1.10 bits per heavy atom. The summed E-state index contributed by atoms with van der Waals surface area (Å²) in [5.74, 6) is 1.51. The van der Waals surface area contributed by atoms with E-state index in [0.717, 1.165) is 40.3 Å². The summed E-state index contributed by atoms with van der Waals surface area (Å²) in [5.41, 5.74) is 3.95. The molecule has 2 atom stereocenters. The van der Waals surface area contributed by atoms with Crippen molar-refractivity contribution in [2.45, 2.75) is 25.6 Å². The first-order chi connectivity index (χ1) is 14.3. The van der Waals surface area contributed by atoms with Crippen molar-refractivity contribution in [3.63, 3.8) is 0 Å². The topological polar surface area (TPSA) is 47.0 Å². The van der Waals surface area contributed by atoms with Gasteiger partial charge >= 0.3 is 0 Å². The lowest BCUT2D eigenvalue weighted by Crippen LogP contribution is -2.34. The van der Waals surface area contributed by atoms with Crippen LogP contribution < -0.4 is 9.47 Å². The molecule has 0 amide bonds. The summed E-state index contributed by atoms with van der Waals surface area (Å²) in [6, 6.07) is 17.8. The smallest absolute Gasteiger partial charge is 0.215 e. The SMILES string of the molecule is CCOc1cccc2c1O[C@@H](c1ccccc1Cl)N1N=C(c3cccnc3)C[C@@H]21. The lowest BCUT2D eigenvalue weighted by atomic mass is 9.96. The molecular formula is C23H20ClN3O2. The van der Waals surface area contributed by atoms with Gasteiger partial charge in [-0.1, -0.05) is 48.0 Å². The van der Waals surface area contributed by atoms with Crippen molar-refractivity contribution in [2.24, 2.45) is 5.10 Å². The molecular weight excluding hydrogens is 386 g/mol. The number of hydrogen-bond donors (Lipinski definition) is 0. The molecule has 0 saturated carbocycles. The van der Waals surface area contributed by atoms with Gasteiger partial charge in [-0.15, -0.1) is 0 Å². The molecule has 2 aromatic carbocycles. The summed E-state index contributed by atoms with van der Waals surface area (Å²) < 4.78 is 12.3. The second-order valence-corrected chi connectivity index (χ2v) is 7.39. The zero-order valence-electron chi connectivity index (χ0n) is 16.0. The van der Waals surface area contributed by atoms with Crippen LogP contribution in [0, 0.1) is 0 Å². The predicted molar refractivity (Wildman–Crippen MR) is 112 cm³/mol. The van der Waals surface area contributed by atoms with Crippen molar-refractivity contribution in [1.82, 2.24) is 9.99 Å². The number of hydrazone groups is 1. The van der Waals surface area contributed by atoms with Crippen LogP contribution in [-0.2, 0) is 0 Å². The van der Waals surface area contributed by atoms with Crippen LogP contribution in [-0.4, -0.2) is 22.3 Å². The second-order valence-electron chi connectivity index (χ2n) is 6.99. The Labute approximate surface area is 174 Å². The first kappa shape index (κ1) is 18.0. The fourth-order valence-corrected chi connectivity index (χ4v) is 4.17. The van der Waals surface area contributed by atoms with Gasteiger partial charge < -0.3 is 9.47 Å². The molecule has 0 N–H and O–H groups in total. The molecule has 146 valence electrons. The van der Waals surface area contributed by atoms with E-state index in [2.05, 4.69) is 11.1 Å². The van der Waals surface area contributed by atoms with E-state index >= 15 is 0 Å². The number of nitrogens with zero attached hydrogens (tertiary/aromatic N) is 3. The number of fused-ring (bicyclic) bond motifs is 3. The normalized spacial score (nSPS) is 19.8. The van der Waals surface area contributed by atoms with Gasteiger partial charge in [0.1, 0.15) is 0 Å². The van der Waals surface area contributed by atoms with Crippen LogP contribution in [0.5, 0.6) is 11.5 Å². The highest BCUT2D eigenvalue weighted by atomic mass is 35.5. The molecule has 3 aromatic rings. The van der Waals surface area contributed by atoms with Crippen LogP contribution in [0.4, 0.5) is 0 Å². The molecule has 2 aliphatic heterocycles. The van der Waals surface area contributed by atoms with E-state index in [9.17, 15) is 0 Å². The maximum atomic E-state index is 6.53. The van der Waals surface area contributed by atoms with E-state index in [1.165, 1.54) is 0 Å². The van der Waals surface area contributed by atoms with Gasteiger partial charge in [-0.3, -0.25) is 4.98 Å². The second kappa shape index (κ2) is 7.41. The molecule has 0 spiro atoms. The molecule has 0 radical (unpaired) electrons. The summed E-state index contributed by atoms with van der Waals surface area (Å²) in [4.78, 5) is 4.25. The number of pyridine rings is 1. The highest BCUT2D eigenvalue weighted by molar-refractivity contribution is 6.31. The highest BCUT2D eigenvalue weighted by Gasteiger charge is 2.42. The Morgan fingerprint density at radius 3 is 2.76 bits per heavy atom. The molecule has 2 aliphatic rings. The number of aromatic nitrogens is 1. The molecule has 5 nitrogen and oxygen atoms in total. The monoisotopic (exact) mass is 405 g/mol. The Balaban J connectivity index is 1.64. The molecule has 29 heavy (non-hydrogen) atoms. The Kier molecular flexibility index (Phi) is 4.60. The first-order valence-corrected chi connectivity index (χ1v) is 10.1. The summed E-state index contributed by atoms with van der Waals surface area (Å²) in [6.07, 6.45) is 3.95. The number of ether oxygens (including phenoxy) is 2. The number of benzene rings is 2. The molecule has 1 aromatic heterocycles. The van der Waals surface area contributed by atoms with Gasteiger partial charge in [-0.05, 0) is 25.1 Å². The van der Waals surface area contributed by atoms with Crippen LogP contribution in [0.1, 0.15) is 42.3 Å². The van der Waals surface area contributed by atoms with Crippen LogP contribution in [0.15, 0.2) is 72.1 Å². The average Bonchev–Trinajstić information content (AvgIpc) is 3.21. The Hall–Kier alpha value is -3.05. The van der Waals surface area contributed by atoms with Crippen LogP contribution in [0.2, 0.25) is 5.02 Å². The van der Waals surface area contributed by atoms with Crippen LogP contribution in [0.25, 0.3) is 0 Å². The lowest BCUT2D eigenvalue weighted by Gasteiger charge is -2.39. The highest BCUT2D eigenvalue weighted by Crippen LogP contribution is 2.51. The van der Waals surface area contributed by atoms with Gasteiger partial charge in [0, 0.05) is 40.5 Å². The van der Waals surface area contributed by atoms with Gasteiger partial charge in [0.2, 0.25) is 6.23 Å². The van der Waals surface area contributed by atoms with E-state index < -0.39 is 6.23 Å². The molecule has 0 aliphatic carbocycles. The number of halogens is 1. The van der Waals surface area contributed by atoms with E-state index in [4.69, 9.17) is 26.2 Å². The van der Waals surface area contributed by atoms with Gasteiger partial charge in [-0.2, -0.15) is 5.10 Å². The van der Waals surface area contributed by atoms with E-state index in [-0.39, 0.29) is 6.04 Å². The summed E-state index contributed by atoms with van der Waals surface area (Å²) >= 11 is 6.53. The lowest BCUT2D eigenvalue weighted by molar-refractivity contribution is -0.0211. The van der Waals surface area contributed by atoms with Crippen molar-refractivity contribution >= 4 is 17.3 Å². The maximum Gasteiger partial charge on any atom is 0.215 e. The van der Waals surface area contributed by atoms with Crippen molar-refractivity contribution in [3.8, 4) is 11.5 Å². The van der Waals surface area contributed by atoms with Gasteiger partial charge in [0.05, 0.1) is 18.4 Å². The summed E-state index contributed by atoms with van der Waals surface area (Å²) in [6.45, 7) is 2.54. The van der Waals surface area contributed by atoms with E-state index in [1.54, 1.807) is 6.20 Å². The molecule has 3 heterocycles. The van der Waals surface area contributed by atoms with E-state index in [1.807, 2.05) is 66.7 Å². The summed E-state index contributed by atoms with van der Waals surface area (Å²) in [5, 5.41) is 7.61. The average molecular weight is 406 g/mol. The van der Waals surface area contributed by atoms with Gasteiger partial charge in [-0.25, -0.2) is 5.01 Å². The zero-order chi connectivity index (χ0) is 19.8. The number of para-hydroxylation sites is 1. The minimum Gasteiger partial charge on any atom is -0.490 e. The van der Waals surface area contributed by atoms with Crippen molar-refractivity contribution in [1.29, 1.82) is 0 Å². The third kappa shape index (κ3) is 3.12. The molecule has 6 heteroatoms. The quantitative estimate of drug-likeness (QED) is 0.585. The first-order valence-electron chi connectivity index (χ1n) is 9.69. The van der Waals surface area contributed by atoms with Gasteiger partial charge in [0.25, 0.3) is 0 Å². The maximum absolute atomic E-state index is 6.53. The minimum atomic E-state index is -0.433. The van der Waals surface area contributed by atoms with Crippen molar-refractivity contribution in [2.75, 3.05) is 6.61 Å². The van der Waals surface area contributed by atoms with Crippen molar-refractivity contribution < 1.29 is 9.47 Å². The molecule has 0 unspecified atom stereocenters. The standard InChI is InChI=1S/C23H20ClN3O2/c1-2-28-21-11-5-9-17-20-13-19(15-7-6-12-25-14-15)26-27(20)23(29-22(17)21)16-8-3-4-10-18(16)24/h3-12,14,20,23H,2,13H2,1H3/t20-,23-/m0/s1. The predicted octanol–water partition coefficient (Wildman–Crippen LogP) is 5.38. The minimum absolute atomic E-state index is 0.0376. The third-order valence-corrected chi connectivity index (χ3v) is 5.59. The fraction of sp³-hybridized carbons (Fsp3) is 0.217. The fourth-order valence-electron chi connectivity index (χ4n) is 3.94. The van der Waals surface area contributed by atoms with E-state index in [0.29, 0.717) is 11.6 Å². The van der Waals surface area contributed by atoms with Crippen LogP contribution >= 0.6 is 11.6 Å². The van der Waals surface area contributed by atoms with Crippen molar-refractivity contribution in [3.05, 3.63) is 88.7 Å². The molecule has 5 rings (SSSR count). The molecule has 0 saturated heterocycles.